The number of phosphoric acid groups is 2. The van der Waals surface area contributed by atoms with Crippen LogP contribution in [0.1, 0.15) is 363 Å². The summed E-state index contributed by atoms with van der Waals surface area (Å²) in [6.45, 7) is 9.47. The number of ether oxygens (including phenoxy) is 4. The molecule has 0 aliphatic rings. The summed E-state index contributed by atoms with van der Waals surface area (Å²) >= 11 is 0. The minimum absolute atomic E-state index is 0.103. The molecule has 3 N–H and O–H groups in total. The van der Waals surface area contributed by atoms with Gasteiger partial charge >= 0.3 is 39.5 Å². The van der Waals surface area contributed by atoms with Crippen molar-refractivity contribution in [1.82, 2.24) is 0 Å². The van der Waals surface area contributed by atoms with E-state index in [1.807, 2.05) is 0 Å². The van der Waals surface area contributed by atoms with E-state index in [0.29, 0.717) is 31.6 Å². The Morgan fingerprint density at radius 3 is 0.756 bits per heavy atom. The molecule has 90 heavy (non-hydrogen) atoms. The lowest BCUT2D eigenvalue weighted by atomic mass is 10.0. The van der Waals surface area contributed by atoms with Gasteiger partial charge in [-0.3, -0.25) is 37.3 Å². The van der Waals surface area contributed by atoms with Gasteiger partial charge in [0, 0.05) is 25.7 Å². The van der Waals surface area contributed by atoms with Crippen LogP contribution in [0, 0.1) is 11.8 Å². The minimum atomic E-state index is -4.95. The van der Waals surface area contributed by atoms with Crippen LogP contribution in [-0.2, 0) is 65.4 Å². The Morgan fingerprint density at radius 1 is 0.300 bits per heavy atom. The Labute approximate surface area is 549 Å². The number of hydrogen-bond acceptors (Lipinski definition) is 15. The van der Waals surface area contributed by atoms with Gasteiger partial charge in [-0.15, -0.1) is 0 Å². The molecule has 0 spiro atoms. The Kier molecular flexibility index (Phi) is 61.8. The third-order valence-electron chi connectivity index (χ3n) is 16.5. The Hall–Kier alpha value is -1.94. The second-order valence-corrected chi connectivity index (χ2v) is 29.5. The SMILES string of the molecule is CCCCCCCCCCCCCCCCCCC(=O)OC[C@H](COP(=O)(O)OC[C@@H](O)COP(=O)(O)OC[C@@H](COC(=O)CCCCCCCCC)OC(=O)CCCCCCCCCC(C)C)OC(=O)CCCCCCCCCCCCCCCCC(C)C. The lowest BCUT2D eigenvalue weighted by molar-refractivity contribution is -0.161. The van der Waals surface area contributed by atoms with Gasteiger partial charge in [-0.05, 0) is 37.5 Å². The number of esters is 4. The zero-order valence-electron chi connectivity index (χ0n) is 58.4. The van der Waals surface area contributed by atoms with Crippen LogP contribution >= 0.6 is 15.6 Å². The molecule has 2 unspecified atom stereocenters. The lowest BCUT2D eigenvalue weighted by Gasteiger charge is -2.21. The van der Waals surface area contributed by atoms with Crippen molar-refractivity contribution < 1.29 is 80.2 Å². The molecule has 0 aromatic rings. The number of carbonyl (C=O) groups excluding carboxylic acids is 4. The topological polar surface area (TPSA) is 237 Å². The van der Waals surface area contributed by atoms with E-state index in [9.17, 15) is 43.2 Å². The molecule has 0 aromatic carbocycles. The fourth-order valence-electron chi connectivity index (χ4n) is 10.8. The smallest absolute Gasteiger partial charge is 0.462 e. The van der Waals surface area contributed by atoms with Gasteiger partial charge < -0.3 is 33.8 Å². The zero-order chi connectivity index (χ0) is 66.5. The summed E-state index contributed by atoms with van der Waals surface area (Å²) in [4.78, 5) is 72.4. The monoisotopic (exact) mass is 1320 g/mol. The number of aliphatic hydroxyl groups excluding tert-OH is 1. The molecule has 0 aromatic heterocycles. The van der Waals surface area contributed by atoms with Crippen LogP contribution in [-0.4, -0.2) is 96.7 Å². The molecular weight excluding hydrogens is 1190 g/mol. The number of aliphatic hydroxyl groups is 1. The van der Waals surface area contributed by atoms with E-state index in [-0.39, 0.29) is 25.7 Å². The minimum Gasteiger partial charge on any atom is -0.462 e. The van der Waals surface area contributed by atoms with E-state index in [0.717, 1.165) is 109 Å². The second-order valence-electron chi connectivity index (χ2n) is 26.6. The molecule has 0 bridgehead atoms. The fourth-order valence-corrected chi connectivity index (χ4v) is 12.3. The standard InChI is InChI=1S/C71H138O17P2/c1-7-9-11-13-15-16-17-18-19-20-24-27-30-36-42-48-54-69(74)82-60-67(87-70(75)55-49-43-37-31-28-25-22-21-23-26-29-34-39-45-51-63(3)4)62-86-90(79,80)84-58-65(72)57-83-89(77,78)85-61-66(59-81-68(73)53-47-41-33-14-12-10-8-2)88-71(76)56-50-44-38-32-35-40-46-52-64(5)6/h63-67,72H,7-62H2,1-6H3,(H,77,78)(H,79,80)/t65-,66+,67+/m0/s1. The van der Waals surface area contributed by atoms with Crippen molar-refractivity contribution in [2.45, 2.75) is 381 Å². The summed E-state index contributed by atoms with van der Waals surface area (Å²) < 4.78 is 68.2. The second kappa shape index (κ2) is 63.1. The Morgan fingerprint density at radius 2 is 0.511 bits per heavy atom. The number of rotatable bonds is 70. The molecule has 0 aliphatic carbocycles. The van der Waals surface area contributed by atoms with Gasteiger partial charge in [-0.25, -0.2) is 9.13 Å². The summed E-state index contributed by atoms with van der Waals surface area (Å²) in [6, 6.07) is 0. The van der Waals surface area contributed by atoms with Crippen molar-refractivity contribution in [3.05, 3.63) is 0 Å². The van der Waals surface area contributed by atoms with Gasteiger partial charge in [0.15, 0.2) is 12.2 Å². The van der Waals surface area contributed by atoms with Crippen molar-refractivity contribution in [3.8, 4) is 0 Å². The van der Waals surface area contributed by atoms with Crippen LogP contribution in [0.15, 0.2) is 0 Å². The van der Waals surface area contributed by atoms with Crippen LogP contribution < -0.4 is 0 Å². The highest BCUT2D eigenvalue weighted by atomic mass is 31.2. The molecule has 0 amide bonds. The first-order chi connectivity index (χ1) is 43.4. The fraction of sp³-hybridized carbons (Fsp3) is 0.944. The molecule has 0 saturated heterocycles. The molecule has 0 radical (unpaired) electrons. The predicted molar refractivity (Wildman–Crippen MR) is 363 cm³/mol. The van der Waals surface area contributed by atoms with Crippen molar-refractivity contribution in [1.29, 1.82) is 0 Å². The highest BCUT2D eigenvalue weighted by molar-refractivity contribution is 7.47. The van der Waals surface area contributed by atoms with Gasteiger partial charge in [0.05, 0.1) is 26.4 Å². The van der Waals surface area contributed by atoms with E-state index in [1.54, 1.807) is 0 Å². The molecule has 19 heteroatoms. The maximum Gasteiger partial charge on any atom is 0.472 e. The molecule has 0 saturated carbocycles. The van der Waals surface area contributed by atoms with Crippen LogP contribution in [0.3, 0.4) is 0 Å². The third-order valence-corrected chi connectivity index (χ3v) is 18.4. The van der Waals surface area contributed by atoms with Crippen molar-refractivity contribution >= 4 is 39.5 Å². The Bertz CT molecular complexity index is 1750. The van der Waals surface area contributed by atoms with E-state index in [1.165, 1.54) is 167 Å². The molecule has 0 fully saturated rings. The molecule has 534 valence electrons. The number of carbonyl (C=O) groups is 4. The van der Waals surface area contributed by atoms with E-state index >= 15 is 0 Å². The number of hydrogen-bond donors (Lipinski definition) is 3. The van der Waals surface area contributed by atoms with Crippen molar-refractivity contribution in [2.24, 2.45) is 11.8 Å². The average molecular weight is 1330 g/mol. The van der Waals surface area contributed by atoms with Gasteiger partial charge in [0.1, 0.15) is 19.3 Å². The van der Waals surface area contributed by atoms with Gasteiger partial charge in [0.2, 0.25) is 0 Å². The first-order valence-electron chi connectivity index (χ1n) is 37.0. The predicted octanol–water partition coefficient (Wildman–Crippen LogP) is 20.4. The highest BCUT2D eigenvalue weighted by Crippen LogP contribution is 2.45. The Balaban J connectivity index is 5.19. The van der Waals surface area contributed by atoms with Gasteiger partial charge in [-0.1, -0.05) is 311 Å². The van der Waals surface area contributed by atoms with Crippen molar-refractivity contribution in [2.75, 3.05) is 39.6 Å². The largest absolute Gasteiger partial charge is 0.472 e. The number of phosphoric ester groups is 2. The van der Waals surface area contributed by atoms with E-state index in [2.05, 4.69) is 41.5 Å². The van der Waals surface area contributed by atoms with Crippen molar-refractivity contribution in [3.63, 3.8) is 0 Å². The van der Waals surface area contributed by atoms with E-state index in [4.69, 9.17) is 37.0 Å². The van der Waals surface area contributed by atoms with Crippen LogP contribution in [0.4, 0.5) is 0 Å². The maximum atomic E-state index is 13.0. The summed E-state index contributed by atoms with van der Waals surface area (Å²) in [7, 11) is -9.90. The number of unbranched alkanes of at least 4 members (excludes halogenated alkanes) is 40. The van der Waals surface area contributed by atoms with Crippen LogP contribution in [0.2, 0.25) is 0 Å². The molecular formula is C71H138O17P2. The molecule has 17 nitrogen and oxygen atoms in total. The molecule has 0 heterocycles. The maximum absolute atomic E-state index is 13.0. The van der Waals surface area contributed by atoms with Gasteiger partial charge in [0.25, 0.3) is 0 Å². The van der Waals surface area contributed by atoms with E-state index < -0.39 is 97.5 Å². The summed E-state index contributed by atoms with van der Waals surface area (Å²) in [5.74, 6) is -0.638. The third kappa shape index (κ3) is 64.8. The highest BCUT2D eigenvalue weighted by Gasteiger charge is 2.30. The van der Waals surface area contributed by atoms with Gasteiger partial charge in [-0.2, -0.15) is 0 Å². The molecule has 0 aliphatic heterocycles. The summed E-state index contributed by atoms with van der Waals surface area (Å²) in [6.07, 6.45) is 48.8. The van der Waals surface area contributed by atoms with Crippen LogP contribution in [0.5, 0.6) is 0 Å². The summed E-state index contributed by atoms with van der Waals surface area (Å²) in [5.41, 5.74) is 0. The quantitative estimate of drug-likeness (QED) is 0.0222. The first kappa shape index (κ1) is 88.1. The first-order valence-corrected chi connectivity index (χ1v) is 40.0. The summed E-state index contributed by atoms with van der Waals surface area (Å²) in [5, 5.41) is 10.6. The molecule has 0 rings (SSSR count). The zero-order valence-corrected chi connectivity index (χ0v) is 60.2. The molecule has 5 atom stereocenters. The van der Waals surface area contributed by atoms with Crippen LogP contribution in [0.25, 0.3) is 0 Å². The normalized spacial score (nSPS) is 14.1. The average Bonchev–Trinajstić information content (AvgIpc) is 3.70. The lowest BCUT2D eigenvalue weighted by Crippen LogP contribution is -2.30.